The molecule has 4 nitrogen and oxygen atoms in total. The summed E-state index contributed by atoms with van der Waals surface area (Å²) in [5.74, 6) is -1.16. The highest BCUT2D eigenvalue weighted by Gasteiger charge is 2.07. The van der Waals surface area contributed by atoms with Gasteiger partial charge < -0.3 is 9.47 Å². The summed E-state index contributed by atoms with van der Waals surface area (Å²) >= 11 is 0. The van der Waals surface area contributed by atoms with Crippen molar-refractivity contribution < 1.29 is 19.1 Å². The van der Waals surface area contributed by atoms with Crippen LogP contribution in [0.4, 0.5) is 0 Å². The van der Waals surface area contributed by atoms with E-state index in [9.17, 15) is 9.59 Å². The molecule has 0 radical (unpaired) electrons. The number of hydrogen-bond donors (Lipinski definition) is 0. The number of hydrogen-bond acceptors (Lipinski definition) is 4. The van der Waals surface area contributed by atoms with Crippen molar-refractivity contribution >= 4 is 11.9 Å². The number of esters is 2. The van der Waals surface area contributed by atoms with Gasteiger partial charge in [0.15, 0.2) is 0 Å². The molecule has 0 aromatic rings. The Morgan fingerprint density at radius 2 is 0.933 bits per heavy atom. The molecule has 0 aromatic heterocycles. The lowest BCUT2D eigenvalue weighted by Crippen LogP contribution is -2.09. The van der Waals surface area contributed by atoms with Gasteiger partial charge in [0, 0.05) is 0 Å². The van der Waals surface area contributed by atoms with Crippen molar-refractivity contribution in [2.24, 2.45) is 0 Å². The number of methoxy groups -OCH3 is 2. The van der Waals surface area contributed by atoms with E-state index in [2.05, 4.69) is 9.47 Å². The Morgan fingerprint density at radius 3 is 1.07 bits per heavy atom. The van der Waals surface area contributed by atoms with Crippen LogP contribution < -0.4 is 0 Å². The third-order valence-electron chi connectivity index (χ3n) is 0.744. The molecule has 0 saturated carbocycles. The normalized spacial score (nSPS) is 4.93. The molecular weight excluding hydrogens is 196 g/mol. The second-order valence-corrected chi connectivity index (χ2v) is 1.33. The predicted molar refractivity (Wildman–Crippen MR) is 69.0 cm³/mol. The highest BCUT2D eigenvalue weighted by atomic mass is 16.5. The van der Waals surface area contributed by atoms with Crippen LogP contribution >= 0.6 is 0 Å². The predicted octanol–water partition coefficient (Wildman–Crippen LogP) is 3.54. The molecule has 15 heavy (non-hydrogen) atoms. The quantitative estimate of drug-likeness (QED) is 0.536. The minimum absolute atomic E-state index is 0. The number of carbonyl (C=O) groups is 2. The Kier molecular flexibility index (Phi) is 94.5. The zero-order valence-corrected chi connectivity index (χ0v) is 5.34. The molecule has 0 spiro atoms. The van der Waals surface area contributed by atoms with Gasteiger partial charge in [-0.1, -0.05) is 44.6 Å². The Hall–Kier alpha value is -1.06. The van der Waals surface area contributed by atoms with E-state index in [0.717, 1.165) is 0 Å². The van der Waals surface area contributed by atoms with Gasteiger partial charge in [-0.2, -0.15) is 0 Å². The van der Waals surface area contributed by atoms with Crippen LogP contribution in [0.15, 0.2) is 0 Å². The van der Waals surface area contributed by atoms with Crippen molar-refractivity contribution in [2.45, 2.75) is 51.0 Å². The van der Waals surface area contributed by atoms with E-state index in [1.807, 2.05) is 0 Å². The van der Waals surface area contributed by atoms with Crippen LogP contribution in [0, 0.1) is 0 Å². The van der Waals surface area contributed by atoms with Crippen molar-refractivity contribution in [2.75, 3.05) is 14.2 Å². The molecule has 0 heterocycles. The molecule has 0 rings (SSSR count). The Balaban J connectivity index is -0.0000000213. The summed E-state index contributed by atoms with van der Waals surface area (Å²) in [5, 5.41) is 0. The maximum Gasteiger partial charge on any atom is 0.316 e. The van der Waals surface area contributed by atoms with Crippen LogP contribution in [0.25, 0.3) is 0 Å². The summed E-state index contributed by atoms with van der Waals surface area (Å²) in [5.41, 5.74) is 0. The van der Waals surface area contributed by atoms with Gasteiger partial charge in [-0.15, -0.1) is 0 Å². The lowest BCUT2D eigenvalue weighted by molar-refractivity contribution is -0.151. The Morgan fingerprint density at radius 1 is 0.733 bits per heavy atom. The average Bonchev–Trinajstić information content (AvgIpc) is 1.87. The SMILES string of the molecule is C.C.C.C.C.C.COC(=O)CC(=O)OC. The van der Waals surface area contributed by atoms with Gasteiger partial charge in [0.2, 0.25) is 0 Å². The zero-order valence-electron chi connectivity index (χ0n) is 5.34. The van der Waals surface area contributed by atoms with Crippen molar-refractivity contribution in [1.29, 1.82) is 0 Å². The van der Waals surface area contributed by atoms with Gasteiger partial charge in [-0.05, 0) is 0 Å². The molecule has 0 aliphatic carbocycles. The summed E-state index contributed by atoms with van der Waals surface area (Å²) < 4.78 is 8.37. The van der Waals surface area contributed by atoms with Crippen LogP contribution in [-0.2, 0) is 19.1 Å². The fourth-order valence-corrected chi connectivity index (χ4v) is 0.262. The molecule has 0 unspecified atom stereocenters. The number of carbonyl (C=O) groups excluding carboxylic acids is 2. The van der Waals surface area contributed by atoms with E-state index >= 15 is 0 Å². The molecule has 0 N–H and O–H groups in total. The van der Waals surface area contributed by atoms with Crippen molar-refractivity contribution in [3.63, 3.8) is 0 Å². The first kappa shape index (κ1) is 48.5. The molecule has 0 amide bonds. The number of rotatable bonds is 2. The zero-order chi connectivity index (χ0) is 7.28. The second kappa shape index (κ2) is 29.3. The molecule has 0 saturated heterocycles. The molecular formula is C11H32O4. The van der Waals surface area contributed by atoms with Crippen LogP contribution in [0.2, 0.25) is 0 Å². The Bertz CT molecular complexity index is 108. The van der Waals surface area contributed by atoms with E-state index in [1.165, 1.54) is 14.2 Å². The van der Waals surface area contributed by atoms with E-state index in [4.69, 9.17) is 0 Å². The van der Waals surface area contributed by atoms with Gasteiger partial charge in [0.05, 0.1) is 14.2 Å². The largest absolute Gasteiger partial charge is 0.469 e. The second-order valence-electron chi connectivity index (χ2n) is 1.33. The average molecular weight is 228 g/mol. The fourth-order valence-electron chi connectivity index (χ4n) is 0.262. The van der Waals surface area contributed by atoms with Crippen LogP contribution in [0.3, 0.4) is 0 Å². The summed E-state index contributed by atoms with van der Waals surface area (Å²) in [6, 6.07) is 0. The maximum absolute atomic E-state index is 10.3. The van der Waals surface area contributed by atoms with Gasteiger partial charge in [0.25, 0.3) is 0 Å². The van der Waals surface area contributed by atoms with E-state index in [0.29, 0.717) is 0 Å². The first-order valence-electron chi connectivity index (χ1n) is 2.34. The lowest BCUT2D eigenvalue weighted by Gasteiger charge is -1.95. The molecule has 0 aromatic carbocycles. The van der Waals surface area contributed by atoms with Crippen molar-refractivity contribution in [1.82, 2.24) is 0 Å². The molecule has 0 atom stereocenters. The molecule has 0 aliphatic rings. The molecule has 4 heteroatoms. The van der Waals surface area contributed by atoms with Gasteiger partial charge in [-0.25, -0.2) is 0 Å². The van der Waals surface area contributed by atoms with E-state index < -0.39 is 11.9 Å². The fraction of sp³-hybridized carbons (Fsp3) is 0.818. The summed E-state index contributed by atoms with van der Waals surface area (Å²) in [6.45, 7) is 0. The van der Waals surface area contributed by atoms with Crippen molar-refractivity contribution in [3.05, 3.63) is 0 Å². The third-order valence-corrected chi connectivity index (χ3v) is 0.744. The summed E-state index contributed by atoms with van der Waals surface area (Å²) in [7, 11) is 2.43. The standard InChI is InChI=1S/C5H8O4.6CH4/c1-8-4(6)3-5(7)9-2;;;;;;/h3H2,1-2H3;6*1H4. The van der Waals surface area contributed by atoms with Crippen molar-refractivity contribution in [3.8, 4) is 0 Å². The number of ether oxygens (including phenoxy) is 2. The van der Waals surface area contributed by atoms with Gasteiger partial charge in [-0.3, -0.25) is 9.59 Å². The lowest BCUT2D eigenvalue weighted by atomic mass is 10.4. The summed E-state index contributed by atoms with van der Waals surface area (Å²) in [6.07, 6.45) is -0.312. The molecule has 0 aliphatic heterocycles. The minimum atomic E-state index is -0.582. The molecule has 100 valence electrons. The van der Waals surface area contributed by atoms with Crippen LogP contribution in [0.1, 0.15) is 51.0 Å². The van der Waals surface area contributed by atoms with E-state index in [-0.39, 0.29) is 51.0 Å². The van der Waals surface area contributed by atoms with E-state index in [1.54, 1.807) is 0 Å². The van der Waals surface area contributed by atoms with Gasteiger partial charge >= 0.3 is 11.9 Å². The maximum atomic E-state index is 10.3. The Labute approximate surface area is 97.0 Å². The van der Waals surface area contributed by atoms with Gasteiger partial charge in [0.1, 0.15) is 6.42 Å². The molecule has 0 bridgehead atoms. The van der Waals surface area contributed by atoms with Crippen LogP contribution in [0.5, 0.6) is 0 Å². The first-order chi connectivity index (χ1) is 4.20. The monoisotopic (exact) mass is 228 g/mol. The highest BCUT2D eigenvalue weighted by molar-refractivity contribution is 5.90. The molecule has 0 fully saturated rings. The van der Waals surface area contributed by atoms with Crippen LogP contribution in [-0.4, -0.2) is 26.2 Å². The topological polar surface area (TPSA) is 52.6 Å². The highest BCUT2D eigenvalue weighted by Crippen LogP contribution is 1.85. The third kappa shape index (κ3) is 32.2. The smallest absolute Gasteiger partial charge is 0.316 e. The first-order valence-corrected chi connectivity index (χ1v) is 2.34. The minimum Gasteiger partial charge on any atom is -0.469 e. The summed E-state index contributed by atoms with van der Waals surface area (Å²) in [4.78, 5) is 20.5.